The van der Waals surface area contributed by atoms with Crippen LogP contribution in [0.1, 0.15) is 12.0 Å². The van der Waals surface area contributed by atoms with Gasteiger partial charge in [0, 0.05) is 12.0 Å². The molecule has 0 unspecified atom stereocenters. The Morgan fingerprint density at radius 1 is 1.22 bits per heavy atom. The minimum atomic E-state index is -3.85. The Morgan fingerprint density at radius 2 is 1.91 bits per heavy atom. The number of aryl methyl sites for hydroxylation is 1. The van der Waals surface area contributed by atoms with Crippen LogP contribution in [0.15, 0.2) is 41.3 Å². The van der Waals surface area contributed by atoms with Gasteiger partial charge in [0.25, 0.3) is 0 Å². The lowest BCUT2D eigenvalue weighted by molar-refractivity contribution is -0.147. The topological polar surface area (TPSA) is 92.7 Å². The summed E-state index contributed by atoms with van der Waals surface area (Å²) in [4.78, 5) is 11.3. The number of ether oxygens (including phenoxy) is 1. The van der Waals surface area contributed by atoms with Gasteiger partial charge in [0.2, 0.25) is 10.0 Å². The van der Waals surface area contributed by atoms with Gasteiger partial charge in [0.05, 0.1) is 10.9 Å². The molecular weight excluding hydrogens is 318 g/mol. The van der Waals surface area contributed by atoms with E-state index in [-0.39, 0.29) is 11.5 Å². The van der Waals surface area contributed by atoms with Gasteiger partial charge in [-0.2, -0.15) is 0 Å². The summed E-state index contributed by atoms with van der Waals surface area (Å²) < 4.78 is 33.0. The van der Waals surface area contributed by atoms with Gasteiger partial charge in [0.1, 0.15) is 0 Å². The van der Waals surface area contributed by atoms with Crippen molar-refractivity contribution >= 4 is 26.8 Å². The van der Waals surface area contributed by atoms with Crippen molar-refractivity contribution < 1.29 is 23.1 Å². The van der Waals surface area contributed by atoms with Crippen LogP contribution in [0.3, 0.4) is 0 Å². The zero-order valence-corrected chi connectivity index (χ0v) is 13.3. The number of carboxylic acid groups (broad SMARTS) is 1. The van der Waals surface area contributed by atoms with Crippen LogP contribution in [0.4, 0.5) is 0 Å². The standard InChI is InChI=1S/C16H17NO5S/c1-10-6-7-14(12-5-3-2-4-11(10)12)23(20,21)17-13-8-9-22-15(13)16(18)19/h2-7,13,15,17H,8-9H2,1H3,(H,18,19)/t13-,15+/m1/s1. The van der Waals surface area contributed by atoms with Crippen molar-refractivity contribution in [3.05, 3.63) is 42.0 Å². The van der Waals surface area contributed by atoms with Crippen LogP contribution >= 0.6 is 0 Å². The molecule has 1 aliphatic heterocycles. The molecule has 0 bridgehead atoms. The van der Waals surface area contributed by atoms with Crippen molar-refractivity contribution in [2.45, 2.75) is 30.4 Å². The van der Waals surface area contributed by atoms with E-state index in [0.717, 1.165) is 10.9 Å². The second-order valence-electron chi connectivity index (χ2n) is 5.57. The second-order valence-corrected chi connectivity index (χ2v) is 7.25. The van der Waals surface area contributed by atoms with Gasteiger partial charge in [-0.25, -0.2) is 17.9 Å². The number of hydrogen-bond acceptors (Lipinski definition) is 4. The molecule has 0 saturated carbocycles. The molecule has 1 aliphatic rings. The molecule has 122 valence electrons. The van der Waals surface area contributed by atoms with Crippen molar-refractivity contribution in [3.8, 4) is 0 Å². The monoisotopic (exact) mass is 335 g/mol. The van der Waals surface area contributed by atoms with E-state index in [1.54, 1.807) is 24.3 Å². The van der Waals surface area contributed by atoms with Gasteiger partial charge < -0.3 is 9.84 Å². The number of fused-ring (bicyclic) bond motifs is 1. The Kier molecular flexibility index (Phi) is 4.09. The molecule has 0 aliphatic carbocycles. The predicted octanol–water partition coefficient (Wildman–Crippen LogP) is 1.67. The van der Waals surface area contributed by atoms with Crippen LogP contribution < -0.4 is 4.72 Å². The molecule has 0 amide bonds. The SMILES string of the molecule is Cc1ccc(S(=O)(=O)N[C@@H]2CCO[C@@H]2C(=O)O)c2ccccc12. The highest BCUT2D eigenvalue weighted by atomic mass is 32.2. The Balaban J connectivity index is 2.01. The fourth-order valence-corrected chi connectivity index (χ4v) is 4.35. The summed E-state index contributed by atoms with van der Waals surface area (Å²) in [5.74, 6) is -1.16. The average Bonchev–Trinajstić information content (AvgIpc) is 2.95. The average molecular weight is 335 g/mol. The van der Waals surface area contributed by atoms with Crippen molar-refractivity contribution in [1.82, 2.24) is 4.72 Å². The van der Waals surface area contributed by atoms with Crippen molar-refractivity contribution in [2.75, 3.05) is 6.61 Å². The molecule has 2 aromatic carbocycles. The smallest absolute Gasteiger partial charge is 0.334 e. The summed E-state index contributed by atoms with van der Waals surface area (Å²) in [6, 6.07) is 9.77. The van der Waals surface area contributed by atoms with Gasteiger partial charge in [-0.1, -0.05) is 30.3 Å². The quantitative estimate of drug-likeness (QED) is 0.886. The van der Waals surface area contributed by atoms with E-state index in [1.165, 1.54) is 0 Å². The molecule has 6 nitrogen and oxygen atoms in total. The first-order chi connectivity index (χ1) is 10.9. The first-order valence-corrected chi connectivity index (χ1v) is 8.73. The number of benzene rings is 2. The highest BCUT2D eigenvalue weighted by molar-refractivity contribution is 7.89. The fourth-order valence-electron chi connectivity index (χ4n) is 2.87. The molecule has 23 heavy (non-hydrogen) atoms. The zero-order valence-electron chi connectivity index (χ0n) is 12.5. The third kappa shape index (κ3) is 2.95. The van der Waals surface area contributed by atoms with Crippen LogP contribution in [-0.2, 0) is 19.6 Å². The lowest BCUT2D eigenvalue weighted by atomic mass is 10.1. The summed E-state index contributed by atoms with van der Waals surface area (Å²) in [5.41, 5.74) is 0.979. The van der Waals surface area contributed by atoms with E-state index in [9.17, 15) is 13.2 Å². The van der Waals surface area contributed by atoms with Gasteiger partial charge >= 0.3 is 5.97 Å². The molecule has 2 aromatic rings. The minimum Gasteiger partial charge on any atom is -0.479 e. The molecule has 3 rings (SSSR count). The van der Waals surface area contributed by atoms with Gasteiger partial charge in [-0.3, -0.25) is 0 Å². The number of aliphatic carboxylic acids is 1. The lowest BCUT2D eigenvalue weighted by Crippen LogP contribution is -2.44. The van der Waals surface area contributed by atoms with Gasteiger partial charge in [-0.15, -0.1) is 0 Å². The summed E-state index contributed by atoms with van der Waals surface area (Å²) in [6.07, 6.45) is -0.818. The summed E-state index contributed by atoms with van der Waals surface area (Å²) in [5, 5.41) is 10.6. The summed E-state index contributed by atoms with van der Waals surface area (Å²) in [7, 11) is -3.85. The van der Waals surface area contributed by atoms with Crippen molar-refractivity contribution in [2.24, 2.45) is 0 Å². The molecule has 0 spiro atoms. The third-order valence-electron chi connectivity index (χ3n) is 4.03. The van der Waals surface area contributed by atoms with Gasteiger partial charge in [0.15, 0.2) is 6.10 Å². The molecule has 7 heteroatoms. The van der Waals surface area contributed by atoms with Crippen molar-refractivity contribution in [3.63, 3.8) is 0 Å². The maximum atomic E-state index is 12.7. The van der Waals surface area contributed by atoms with Crippen LogP contribution in [0.5, 0.6) is 0 Å². The predicted molar refractivity (Wildman–Crippen MR) is 84.8 cm³/mol. The van der Waals surface area contributed by atoms with Crippen LogP contribution in [0.2, 0.25) is 0 Å². The first-order valence-electron chi connectivity index (χ1n) is 7.25. The number of nitrogens with one attached hydrogen (secondary N) is 1. The van der Waals surface area contributed by atoms with E-state index in [2.05, 4.69) is 4.72 Å². The summed E-state index contributed by atoms with van der Waals surface area (Å²) in [6.45, 7) is 2.14. The molecule has 0 aromatic heterocycles. The second kappa shape index (κ2) is 5.92. The first kappa shape index (κ1) is 15.9. The normalized spacial score (nSPS) is 21.6. The Hall–Kier alpha value is -1.96. The molecule has 0 radical (unpaired) electrons. The molecule has 2 N–H and O–H groups in total. The summed E-state index contributed by atoms with van der Waals surface area (Å²) >= 11 is 0. The number of rotatable bonds is 4. The van der Waals surface area contributed by atoms with E-state index in [0.29, 0.717) is 11.8 Å². The molecule has 2 atom stereocenters. The number of sulfonamides is 1. The van der Waals surface area contributed by atoms with Crippen molar-refractivity contribution in [1.29, 1.82) is 0 Å². The van der Waals surface area contributed by atoms with Gasteiger partial charge in [-0.05, 0) is 30.4 Å². The maximum Gasteiger partial charge on any atom is 0.334 e. The largest absolute Gasteiger partial charge is 0.479 e. The number of hydrogen-bond donors (Lipinski definition) is 2. The zero-order chi connectivity index (χ0) is 16.6. The van der Waals surface area contributed by atoms with Crippen LogP contribution in [0.25, 0.3) is 10.8 Å². The number of carboxylic acids is 1. The highest BCUT2D eigenvalue weighted by Crippen LogP contribution is 2.27. The van der Waals surface area contributed by atoms with Crippen LogP contribution in [0, 0.1) is 6.92 Å². The maximum absolute atomic E-state index is 12.7. The Morgan fingerprint density at radius 3 is 2.61 bits per heavy atom. The number of carbonyl (C=O) groups is 1. The molecule has 1 heterocycles. The highest BCUT2D eigenvalue weighted by Gasteiger charge is 2.37. The minimum absolute atomic E-state index is 0.148. The lowest BCUT2D eigenvalue weighted by Gasteiger charge is -2.17. The Labute approximate surface area is 134 Å². The van der Waals surface area contributed by atoms with Crippen LogP contribution in [-0.4, -0.2) is 38.2 Å². The fraction of sp³-hybridized carbons (Fsp3) is 0.312. The van der Waals surface area contributed by atoms with E-state index in [1.807, 2.05) is 19.1 Å². The third-order valence-corrected chi connectivity index (χ3v) is 5.58. The van der Waals surface area contributed by atoms with E-state index >= 15 is 0 Å². The van der Waals surface area contributed by atoms with E-state index in [4.69, 9.17) is 9.84 Å². The molecule has 1 saturated heterocycles. The molecule has 1 fully saturated rings. The Bertz CT molecular complexity index is 862. The van der Waals surface area contributed by atoms with E-state index < -0.39 is 28.1 Å². The molecular formula is C16H17NO5S.